The van der Waals surface area contributed by atoms with Crippen LogP contribution in [-0.2, 0) is 13.1 Å². The van der Waals surface area contributed by atoms with E-state index in [1.807, 2.05) is 10.9 Å². The van der Waals surface area contributed by atoms with Gasteiger partial charge in [-0.2, -0.15) is 5.10 Å². The van der Waals surface area contributed by atoms with Crippen LogP contribution in [0.2, 0.25) is 0 Å². The number of aryl methyl sites for hydroxylation is 1. The second-order valence-corrected chi connectivity index (χ2v) is 5.43. The van der Waals surface area contributed by atoms with E-state index < -0.39 is 0 Å². The van der Waals surface area contributed by atoms with Crippen LogP contribution in [0.1, 0.15) is 25.3 Å². The molecule has 1 aromatic heterocycles. The second kappa shape index (κ2) is 7.03. The molecule has 1 aromatic rings. The SMILES string of the molecule is CCn1cc(CN(CCO)C2CCN(C)CC2)cn1. The van der Waals surface area contributed by atoms with Crippen LogP contribution >= 0.6 is 0 Å². The number of aliphatic hydroxyl groups is 1. The van der Waals surface area contributed by atoms with Crippen molar-refractivity contribution in [3.05, 3.63) is 18.0 Å². The summed E-state index contributed by atoms with van der Waals surface area (Å²) in [6.07, 6.45) is 6.44. The molecular formula is C14H26N4O. The highest BCUT2D eigenvalue weighted by Crippen LogP contribution is 2.17. The minimum Gasteiger partial charge on any atom is -0.395 e. The van der Waals surface area contributed by atoms with Crippen molar-refractivity contribution < 1.29 is 5.11 Å². The molecule has 108 valence electrons. The van der Waals surface area contributed by atoms with Crippen LogP contribution in [0.3, 0.4) is 0 Å². The van der Waals surface area contributed by atoms with Gasteiger partial charge in [0.15, 0.2) is 0 Å². The van der Waals surface area contributed by atoms with Crippen LogP contribution in [0.15, 0.2) is 12.4 Å². The molecule has 19 heavy (non-hydrogen) atoms. The Bertz CT molecular complexity index is 371. The van der Waals surface area contributed by atoms with Gasteiger partial charge < -0.3 is 10.0 Å². The van der Waals surface area contributed by atoms with Gasteiger partial charge in [-0.3, -0.25) is 9.58 Å². The van der Waals surface area contributed by atoms with E-state index in [1.165, 1.54) is 18.4 Å². The van der Waals surface area contributed by atoms with Crippen molar-refractivity contribution in [3.8, 4) is 0 Å². The van der Waals surface area contributed by atoms with Gasteiger partial charge in [-0.05, 0) is 39.9 Å². The Labute approximate surface area is 115 Å². The monoisotopic (exact) mass is 266 g/mol. The molecule has 0 aromatic carbocycles. The van der Waals surface area contributed by atoms with Crippen molar-refractivity contribution >= 4 is 0 Å². The molecule has 1 aliphatic heterocycles. The summed E-state index contributed by atoms with van der Waals surface area (Å²) in [7, 11) is 2.18. The van der Waals surface area contributed by atoms with Gasteiger partial charge in [-0.1, -0.05) is 0 Å². The van der Waals surface area contributed by atoms with Crippen molar-refractivity contribution in [1.29, 1.82) is 0 Å². The fraction of sp³-hybridized carbons (Fsp3) is 0.786. The zero-order valence-corrected chi connectivity index (χ0v) is 12.1. The third kappa shape index (κ3) is 4.03. The van der Waals surface area contributed by atoms with Crippen LogP contribution in [0, 0.1) is 0 Å². The standard InChI is InChI=1S/C14H26N4O/c1-3-18-12-13(10-15-18)11-17(8-9-19)14-4-6-16(2)7-5-14/h10,12,14,19H,3-9,11H2,1-2H3. The summed E-state index contributed by atoms with van der Waals surface area (Å²) in [5, 5.41) is 13.6. The maximum absolute atomic E-state index is 9.28. The Balaban J connectivity index is 1.95. The highest BCUT2D eigenvalue weighted by atomic mass is 16.3. The molecule has 5 nitrogen and oxygen atoms in total. The quantitative estimate of drug-likeness (QED) is 0.827. The fourth-order valence-electron chi connectivity index (χ4n) is 2.77. The van der Waals surface area contributed by atoms with E-state index >= 15 is 0 Å². The number of likely N-dealkylation sites (tertiary alicyclic amines) is 1. The molecular weight excluding hydrogens is 240 g/mol. The summed E-state index contributed by atoms with van der Waals surface area (Å²) in [5.74, 6) is 0. The lowest BCUT2D eigenvalue weighted by Gasteiger charge is -2.36. The van der Waals surface area contributed by atoms with Gasteiger partial charge in [0.05, 0.1) is 12.8 Å². The van der Waals surface area contributed by atoms with E-state index in [9.17, 15) is 5.11 Å². The number of hydrogen-bond donors (Lipinski definition) is 1. The van der Waals surface area contributed by atoms with E-state index in [-0.39, 0.29) is 6.61 Å². The molecule has 0 unspecified atom stereocenters. The topological polar surface area (TPSA) is 44.5 Å². The van der Waals surface area contributed by atoms with Gasteiger partial charge in [0, 0.05) is 37.4 Å². The van der Waals surface area contributed by atoms with Gasteiger partial charge >= 0.3 is 0 Å². The number of aromatic nitrogens is 2. The first-order valence-electron chi connectivity index (χ1n) is 7.27. The molecule has 1 fully saturated rings. The first-order valence-corrected chi connectivity index (χ1v) is 7.27. The van der Waals surface area contributed by atoms with E-state index in [0.29, 0.717) is 6.04 Å². The summed E-state index contributed by atoms with van der Waals surface area (Å²) < 4.78 is 1.96. The van der Waals surface area contributed by atoms with Gasteiger partial charge in [0.1, 0.15) is 0 Å². The number of nitrogens with zero attached hydrogens (tertiary/aromatic N) is 4. The molecule has 2 heterocycles. The molecule has 1 aliphatic rings. The third-order valence-electron chi connectivity index (χ3n) is 3.99. The summed E-state index contributed by atoms with van der Waals surface area (Å²) in [4.78, 5) is 4.78. The molecule has 0 spiro atoms. The highest BCUT2D eigenvalue weighted by molar-refractivity contribution is 5.04. The third-order valence-corrected chi connectivity index (χ3v) is 3.99. The van der Waals surface area contributed by atoms with Crippen LogP contribution in [0.25, 0.3) is 0 Å². The highest BCUT2D eigenvalue weighted by Gasteiger charge is 2.23. The van der Waals surface area contributed by atoms with Crippen LogP contribution in [-0.4, -0.2) is 64.0 Å². The summed E-state index contributed by atoms with van der Waals surface area (Å²) >= 11 is 0. The Kier molecular flexibility index (Phi) is 5.36. The Morgan fingerprint density at radius 3 is 2.74 bits per heavy atom. The molecule has 0 saturated carbocycles. The van der Waals surface area contributed by atoms with E-state index in [2.05, 4.69) is 35.1 Å². The second-order valence-electron chi connectivity index (χ2n) is 5.43. The fourth-order valence-corrected chi connectivity index (χ4v) is 2.77. The molecule has 0 amide bonds. The zero-order valence-electron chi connectivity index (χ0n) is 12.1. The molecule has 1 saturated heterocycles. The number of hydrogen-bond acceptors (Lipinski definition) is 4. The van der Waals surface area contributed by atoms with Crippen molar-refractivity contribution in [2.45, 2.75) is 38.9 Å². The van der Waals surface area contributed by atoms with E-state index in [0.717, 1.165) is 32.7 Å². The Hall–Kier alpha value is -0.910. The van der Waals surface area contributed by atoms with Gasteiger partial charge in [0.2, 0.25) is 0 Å². The summed E-state index contributed by atoms with van der Waals surface area (Å²) in [6, 6.07) is 0.591. The largest absolute Gasteiger partial charge is 0.395 e. The van der Waals surface area contributed by atoms with Gasteiger partial charge in [-0.15, -0.1) is 0 Å². The maximum atomic E-state index is 9.28. The van der Waals surface area contributed by atoms with Crippen LogP contribution < -0.4 is 0 Å². The lowest BCUT2D eigenvalue weighted by molar-refractivity contribution is 0.0941. The predicted molar refractivity (Wildman–Crippen MR) is 75.9 cm³/mol. The van der Waals surface area contributed by atoms with Crippen LogP contribution in [0.4, 0.5) is 0 Å². The molecule has 0 bridgehead atoms. The average Bonchev–Trinajstić information content (AvgIpc) is 2.87. The minimum absolute atomic E-state index is 0.230. The summed E-state index contributed by atoms with van der Waals surface area (Å²) in [5.41, 5.74) is 1.24. The first-order chi connectivity index (χ1) is 9.22. The summed E-state index contributed by atoms with van der Waals surface area (Å²) in [6.45, 7) is 7.20. The normalized spacial score (nSPS) is 18.3. The molecule has 0 radical (unpaired) electrons. The van der Waals surface area contributed by atoms with Gasteiger partial charge in [0.25, 0.3) is 0 Å². The zero-order chi connectivity index (χ0) is 13.7. The number of rotatable bonds is 6. The van der Waals surface area contributed by atoms with Gasteiger partial charge in [-0.25, -0.2) is 0 Å². The molecule has 0 atom stereocenters. The lowest BCUT2D eigenvalue weighted by atomic mass is 10.0. The van der Waals surface area contributed by atoms with Crippen molar-refractivity contribution in [3.63, 3.8) is 0 Å². The molecule has 1 N–H and O–H groups in total. The number of piperidine rings is 1. The molecule has 0 aliphatic carbocycles. The van der Waals surface area contributed by atoms with Crippen LogP contribution in [0.5, 0.6) is 0 Å². The molecule has 2 rings (SSSR count). The van der Waals surface area contributed by atoms with E-state index in [1.54, 1.807) is 0 Å². The van der Waals surface area contributed by atoms with Crippen molar-refractivity contribution in [1.82, 2.24) is 19.6 Å². The lowest BCUT2D eigenvalue weighted by Crippen LogP contribution is -2.44. The average molecular weight is 266 g/mol. The molecule has 5 heteroatoms. The first kappa shape index (κ1) is 14.5. The van der Waals surface area contributed by atoms with Crippen molar-refractivity contribution in [2.75, 3.05) is 33.3 Å². The minimum atomic E-state index is 0.230. The smallest absolute Gasteiger partial charge is 0.0558 e. The Morgan fingerprint density at radius 2 is 2.16 bits per heavy atom. The van der Waals surface area contributed by atoms with Crippen molar-refractivity contribution in [2.24, 2.45) is 0 Å². The maximum Gasteiger partial charge on any atom is 0.0558 e. The number of aliphatic hydroxyl groups excluding tert-OH is 1. The predicted octanol–water partition coefficient (Wildman–Crippen LogP) is 0.791. The Morgan fingerprint density at radius 1 is 1.42 bits per heavy atom. The van der Waals surface area contributed by atoms with E-state index in [4.69, 9.17) is 0 Å².